The Balaban J connectivity index is 0.000000331. The lowest BCUT2D eigenvalue weighted by Gasteiger charge is -2.19. The van der Waals surface area contributed by atoms with Gasteiger partial charge in [0.1, 0.15) is 5.60 Å². The highest BCUT2D eigenvalue weighted by atomic mass is 16.6. The number of ether oxygens (including phenoxy) is 2. The highest BCUT2D eigenvalue weighted by molar-refractivity contribution is 5.67. The van der Waals surface area contributed by atoms with Crippen molar-refractivity contribution in [2.75, 3.05) is 13.2 Å². The molecule has 1 aliphatic heterocycles. The van der Waals surface area contributed by atoms with Gasteiger partial charge in [-0.25, -0.2) is 4.79 Å². The van der Waals surface area contributed by atoms with E-state index in [1.807, 2.05) is 0 Å². The number of hydrogen-bond donors (Lipinski definition) is 2. The molecule has 0 saturated carbocycles. The van der Waals surface area contributed by atoms with Gasteiger partial charge in [-0.05, 0) is 39.5 Å². The SMILES string of the molecule is CC(C)(C)OC(N)=O.O=C(O)CC1CCOCC1. The third kappa shape index (κ3) is 11.2. The molecule has 1 amide bonds. The van der Waals surface area contributed by atoms with Crippen LogP contribution in [0, 0.1) is 5.92 Å². The predicted molar refractivity (Wildman–Crippen MR) is 66.2 cm³/mol. The number of primary amides is 1. The first-order valence-corrected chi connectivity index (χ1v) is 5.98. The second-order valence-corrected chi connectivity index (χ2v) is 5.19. The fourth-order valence-electron chi connectivity index (χ4n) is 1.50. The number of rotatable bonds is 2. The quantitative estimate of drug-likeness (QED) is 0.789. The summed E-state index contributed by atoms with van der Waals surface area (Å²) in [7, 11) is 0. The number of carbonyl (C=O) groups is 2. The monoisotopic (exact) mass is 261 g/mol. The maximum absolute atomic E-state index is 10.2. The molecule has 0 aliphatic carbocycles. The minimum absolute atomic E-state index is 0.309. The van der Waals surface area contributed by atoms with Crippen LogP contribution in [0.4, 0.5) is 4.79 Å². The van der Waals surface area contributed by atoms with Crippen molar-refractivity contribution in [2.24, 2.45) is 11.7 Å². The van der Waals surface area contributed by atoms with E-state index in [2.05, 4.69) is 4.74 Å². The van der Waals surface area contributed by atoms with Gasteiger partial charge in [0.25, 0.3) is 0 Å². The number of carboxylic acids is 1. The van der Waals surface area contributed by atoms with Crippen molar-refractivity contribution in [3.63, 3.8) is 0 Å². The van der Waals surface area contributed by atoms with Crippen molar-refractivity contribution in [3.8, 4) is 0 Å². The lowest BCUT2D eigenvalue weighted by molar-refractivity contribution is -0.138. The Labute approximate surface area is 107 Å². The summed E-state index contributed by atoms with van der Waals surface area (Å²) in [5, 5.41) is 8.42. The van der Waals surface area contributed by atoms with Gasteiger partial charge in [0.15, 0.2) is 0 Å². The zero-order valence-corrected chi connectivity index (χ0v) is 11.3. The van der Waals surface area contributed by atoms with Crippen molar-refractivity contribution in [1.29, 1.82) is 0 Å². The molecule has 1 saturated heterocycles. The largest absolute Gasteiger partial charge is 0.481 e. The summed E-state index contributed by atoms with van der Waals surface area (Å²) < 4.78 is 9.66. The molecule has 0 aromatic rings. The minimum atomic E-state index is -0.725. The van der Waals surface area contributed by atoms with Gasteiger partial charge in [0.2, 0.25) is 0 Å². The molecule has 0 spiro atoms. The van der Waals surface area contributed by atoms with E-state index in [0.29, 0.717) is 12.3 Å². The molecule has 6 heteroatoms. The smallest absolute Gasteiger partial charge is 0.405 e. The first-order chi connectivity index (χ1) is 8.20. The molecule has 0 bridgehead atoms. The van der Waals surface area contributed by atoms with Crippen LogP contribution in [-0.2, 0) is 14.3 Å². The first-order valence-electron chi connectivity index (χ1n) is 5.98. The Morgan fingerprint density at radius 2 is 1.83 bits per heavy atom. The lowest BCUT2D eigenvalue weighted by atomic mass is 9.97. The van der Waals surface area contributed by atoms with Crippen LogP contribution in [0.3, 0.4) is 0 Å². The van der Waals surface area contributed by atoms with Crippen LogP contribution in [0.5, 0.6) is 0 Å². The molecular formula is C12H23NO5. The van der Waals surface area contributed by atoms with Crippen LogP contribution in [0.15, 0.2) is 0 Å². The summed E-state index contributed by atoms with van der Waals surface area (Å²) in [6.45, 7) is 6.75. The van der Waals surface area contributed by atoms with Crippen LogP contribution in [0.25, 0.3) is 0 Å². The molecule has 1 rings (SSSR count). The zero-order chi connectivity index (χ0) is 14.2. The van der Waals surface area contributed by atoms with Gasteiger partial charge in [-0.1, -0.05) is 0 Å². The molecule has 6 nitrogen and oxygen atoms in total. The Kier molecular flexibility index (Phi) is 7.35. The summed E-state index contributed by atoms with van der Waals surface area (Å²) in [4.78, 5) is 20.2. The summed E-state index contributed by atoms with van der Waals surface area (Å²) in [6, 6.07) is 0. The molecule has 0 radical (unpaired) electrons. The van der Waals surface area contributed by atoms with Gasteiger partial charge >= 0.3 is 12.1 Å². The molecule has 0 atom stereocenters. The summed E-state index contributed by atoms with van der Waals surface area (Å²) >= 11 is 0. The molecule has 3 N–H and O–H groups in total. The van der Waals surface area contributed by atoms with Crippen LogP contribution in [0.1, 0.15) is 40.0 Å². The number of amides is 1. The molecule has 0 unspecified atom stereocenters. The van der Waals surface area contributed by atoms with Crippen molar-refractivity contribution in [1.82, 2.24) is 0 Å². The Hall–Kier alpha value is -1.30. The fourth-order valence-corrected chi connectivity index (χ4v) is 1.50. The van der Waals surface area contributed by atoms with Crippen LogP contribution >= 0.6 is 0 Å². The summed E-state index contributed by atoms with van der Waals surface area (Å²) in [5.41, 5.74) is 4.26. The number of hydrogen-bond acceptors (Lipinski definition) is 4. The normalized spacial score (nSPS) is 16.4. The Morgan fingerprint density at radius 1 is 1.33 bits per heavy atom. The standard InChI is InChI=1S/C7H12O3.C5H11NO2/c8-7(9)5-6-1-3-10-4-2-6;1-5(2,3)8-4(6)7/h6H,1-5H2,(H,8,9);1-3H3,(H2,6,7). The highest BCUT2D eigenvalue weighted by Crippen LogP contribution is 2.17. The molecule has 18 heavy (non-hydrogen) atoms. The zero-order valence-electron chi connectivity index (χ0n) is 11.3. The molecule has 1 aliphatic rings. The number of nitrogens with two attached hydrogens (primary N) is 1. The maximum atomic E-state index is 10.2. The van der Waals surface area contributed by atoms with Gasteiger partial charge in [0, 0.05) is 19.6 Å². The van der Waals surface area contributed by atoms with E-state index in [0.717, 1.165) is 26.1 Å². The summed E-state index contributed by atoms with van der Waals surface area (Å²) in [5.74, 6) is -0.335. The molecule has 1 heterocycles. The fraction of sp³-hybridized carbons (Fsp3) is 0.833. The second-order valence-electron chi connectivity index (χ2n) is 5.19. The van der Waals surface area contributed by atoms with Crippen LogP contribution < -0.4 is 5.73 Å². The van der Waals surface area contributed by atoms with Crippen LogP contribution in [0.2, 0.25) is 0 Å². The lowest BCUT2D eigenvalue weighted by Crippen LogP contribution is -2.27. The number of carboxylic acid groups (broad SMARTS) is 1. The van der Waals surface area contributed by atoms with Crippen molar-refractivity contribution < 1.29 is 24.2 Å². The topological polar surface area (TPSA) is 98.9 Å². The molecule has 0 aromatic carbocycles. The van der Waals surface area contributed by atoms with Gasteiger partial charge in [-0.3, -0.25) is 4.79 Å². The average molecular weight is 261 g/mol. The van der Waals surface area contributed by atoms with Gasteiger partial charge in [-0.2, -0.15) is 0 Å². The van der Waals surface area contributed by atoms with E-state index >= 15 is 0 Å². The molecular weight excluding hydrogens is 238 g/mol. The predicted octanol–water partition coefficient (Wildman–Crippen LogP) is 1.77. The average Bonchev–Trinajstić information content (AvgIpc) is 2.14. The third-order valence-corrected chi connectivity index (χ3v) is 2.21. The molecule has 1 fully saturated rings. The third-order valence-electron chi connectivity index (χ3n) is 2.21. The van der Waals surface area contributed by atoms with E-state index in [4.69, 9.17) is 15.6 Å². The number of carbonyl (C=O) groups excluding carboxylic acids is 1. The van der Waals surface area contributed by atoms with Gasteiger partial charge in [-0.15, -0.1) is 0 Å². The van der Waals surface area contributed by atoms with Crippen molar-refractivity contribution in [3.05, 3.63) is 0 Å². The van der Waals surface area contributed by atoms with Crippen molar-refractivity contribution in [2.45, 2.75) is 45.6 Å². The Morgan fingerprint density at radius 3 is 2.11 bits per heavy atom. The van der Waals surface area contributed by atoms with E-state index in [-0.39, 0.29) is 0 Å². The van der Waals surface area contributed by atoms with E-state index in [1.165, 1.54) is 0 Å². The highest BCUT2D eigenvalue weighted by Gasteiger charge is 2.16. The molecule has 0 aromatic heterocycles. The van der Waals surface area contributed by atoms with Crippen LogP contribution in [-0.4, -0.2) is 36.0 Å². The van der Waals surface area contributed by atoms with Gasteiger partial charge in [0.05, 0.1) is 0 Å². The van der Waals surface area contributed by atoms with Crippen molar-refractivity contribution >= 4 is 12.1 Å². The molecule has 106 valence electrons. The number of aliphatic carboxylic acids is 1. The van der Waals surface area contributed by atoms with E-state index in [1.54, 1.807) is 20.8 Å². The minimum Gasteiger partial charge on any atom is -0.481 e. The maximum Gasteiger partial charge on any atom is 0.405 e. The van der Waals surface area contributed by atoms with E-state index < -0.39 is 17.7 Å². The van der Waals surface area contributed by atoms with Gasteiger partial charge < -0.3 is 20.3 Å². The first kappa shape index (κ1) is 16.7. The Bertz CT molecular complexity index is 266. The second kappa shape index (κ2) is 7.92. The summed E-state index contributed by atoms with van der Waals surface area (Å²) in [6.07, 6.45) is 1.40. The van der Waals surface area contributed by atoms with E-state index in [9.17, 15) is 9.59 Å².